The number of imidazole rings is 1. The molecule has 0 fully saturated rings. The number of nitrogen functional groups attached to an aromatic ring is 1. The van der Waals surface area contributed by atoms with Crippen molar-refractivity contribution in [1.82, 2.24) is 14.5 Å². The molecule has 0 aliphatic rings. The molecule has 0 atom stereocenters. The molecule has 0 radical (unpaired) electrons. The van der Waals surface area contributed by atoms with Gasteiger partial charge in [-0.2, -0.15) is 0 Å². The van der Waals surface area contributed by atoms with Crippen molar-refractivity contribution >= 4 is 17.1 Å². The van der Waals surface area contributed by atoms with Crippen LogP contribution < -0.4 is 5.73 Å². The molecule has 0 bridgehead atoms. The molecule has 0 aliphatic heterocycles. The number of rotatable bonds is 3. The van der Waals surface area contributed by atoms with E-state index in [1.165, 1.54) is 0 Å². The maximum atomic E-state index is 5.90. The number of fused-ring (bicyclic) bond motifs is 1. The van der Waals surface area contributed by atoms with Gasteiger partial charge in [0.05, 0.1) is 0 Å². The van der Waals surface area contributed by atoms with Crippen molar-refractivity contribution in [2.75, 3.05) is 5.73 Å². The van der Waals surface area contributed by atoms with Gasteiger partial charge in [-0.05, 0) is 30.9 Å². The van der Waals surface area contributed by atoms with Crippen molar-refractivity contribution in [3.05, 3.63) is 17.8 Å². The zero-order valence-electron chi connectivity index (χ0n) is 10.1. The van der Waals surface area contributed by atoms with E-state index < -0.39 is 0 Å². The number of nitrogens with zero attached hydrogens (tertiary/aromatic N) is 3. The van der Waals surface area contributed by atoms with Crippen LogP contribution in [0, 0.1) is 12.8 Å². The molecule has 0 amide bonds. The van der Waals surface area contributed by atoms with Crippen LogP contribution >= 0.6 is 0 Å². The Labute approximate surface area is 95.5 Å². The van der Waals surface area contributed by atoms with E-state index in [4.69, 9.17) is 5.73 Å². The van der Waals surface area contributed by atoms with E-state index in [1.807, 2.05) is 23.8 Å². The second-order valence-corrected chi connectivity index (χ2v) is 4.66. The predicted molar refractivity (Wildman–Crippen MR) is 66.1 cm³/mol. The van der Waals surface area contributed by atoms with E-state index in [2.05, 4.69) is 23.8 Å². The summed E-state index contributed by atoms with van der Waals surface area (Å²) in [6.45, 7) is 7.30. The largest absolute Gasteiger partial charge is 0.369 e. The number of aryl methyl sites for hydroxylation is 2. The fourth-order valence-electron chi connectivity index (χ4n) is 1.74. The van der Waals surface area contributed by atoms with Gasteiger partial charge in [-0.25, -0.2) is 9.97 Å². The van der Waals surface area contributed by atoms with Crippen molar-refractivity contribution in [2.24, 2.45) is 5.92 Å². The number of pyridine rings is 1. The minimum absolute atomic E-state index is 0.564. The van der Waals surface area contributed by atoms with Gasteiger partial charge in [0.25, 0.3) is 0 Å². The summed E-state index contributed by atoms with van der Waals surface area (Å²) in [6, 6.07) is 2.02. The molecule has 2 heterocycles. The lowest BCUT2D eigenvalue weighted by Gasteiger charge is -2.07. The van der Waals surface area contributed by atoms with Crippen LogP contribution in [0.2, 0.25) is 0 Å². The molecular formula is C12H18N4. The van der Waals surface area contributed by atoms with E-state index in [1.54, 1.807) is 0 Å². The van der Waals surface area contributed by atoms with Crippen LogP contribution in [0.4, 0.5) is 5.95 Å². The first kappa shape index (κ1) is 10.9. The first-order chi connectivity index (χ1) is 7.58. The summed E-state index contributed by atoms with van der Waals surface area (Å²) in [5.41, 5.74) is 8.80. The Hall–Kier alpha value is -1.58. The van der Waals surface area contributed by atoms with Gasteiger partial charge < -0.3 is 5.73 Å². The van der Waals surface area contributed by atoms with Gasteiger partial charge in [0, 0.05) is 12.7 Å². The molecule has 0 unspecified atom stereocenters. The maximum absolute atomic E-state index is 5.90. The van der Waals surface area contributed by atoms with Crippen LogP contribution in [0.3, 0.4) is 0 Å². The van der Waals surface area contributed by atoms with Crippen LogP contribution in [-0.4, -0.2) is 14.5 Å². The zero-order chi connectivity index (χ0) is 11.7. The van der Waals surface area contributed by atoms with Crippen LogP contribution in [0.25, 0.3) is 11.2 Å². The van der Waals surface area contributed by atoms with Crippen molar-refractivity contribution in [1.29, 1.82) is 0 Å². The summed E-state index contributed by atoms with van der Waals surface area (Å²) in [6.07, 6.45) is 2.94. The second-order valence-electron chi connectivity index (χ2n) is 4.66. The molecule has 4 nitrogen and oxygen atoms in total. The van der Waals surface area contributed by atoms with Gasteiger partial charge in [-0.1, -0.05) is 13.8 Å². The first-order valence-corrected chi connectivity index (χ1v) is 5.66. The van der Waals surface area contributed by atoms with Gasteiger partial charge in [0.15, 0.2) is 5.65 Å². The first-order valence-electron chi connectivity index (χ1n) is 5.66. The molecule has 86 valence electrons. The van der Waals surface area contributed by atoms with Crippen molar-refractivity contribution in [2.45, 2.75) is 33.7 Å². The highest BCUT2D eigenvalue weighted by atomic mass is 15.2. The molecule has 0 aromatic carbocycles. The highest BCUT2D eigenvalue weighted by Crippen LogP contribution is 2.18. The van der Waals surface area contributed by atoms with Crippen molar-refractivity contribution in [3.8, 4) is 0 Å². The zero-order valence-corrected chi connectivity index (χ0v) is 10.1. The van der Waals surface area contributed by atoms with E-state index in [0.717, 1.165) is 29.7 Å². The average molecular weight is 218 g/mol. The molecule has 2 aromatic rings. The van der Waals surface area contributed by atoms with Crippen LogP contribution in [0.1, 0.15) is 25.8 Å². The standard InChI is InChI=1S/C12H18N4/c1-8(2)4-5-16-11-10(15-12(16)13)6-9(3)7-14-11/h6-8H,4-5H2,1-3H3,(H2,13,15). The Kier molecular flexibility index (Phi) is 2.81. The summed E-state index contributed by atoms with van der Waals surface area (Å²) in [7, 11) is 0. The molecule has 0 spiro atoms. The Balaban J connectivity index is 2.40. The van der Waals surface area contributed by atoms with Gasteiger partial charge in [-0.3, -0.25) is 4.57 Å². The maximum Gasteiger partial charge on any atom is 0.202 e. The summed E-state index contributed by atoms with van der Waals surface area (Å²) >= 11 is 0. The Morgan fingerprint density at radius 1 is 1.44 bits per heavy atom. The number of nitrogens with two attached hydrogens (primary N) is 1. The van der Waals surface area contributed by atoms with Gasteiger partial charge in [-0.15, -0.1) is 0 Å². The normalized spacial score (nSPS) is 11.5. The number of hydrogen-bond donors (Lipinski definition) is 1. The van der Waals surface area contributed by atoms with Crippen LogP contribution in [0.5, 0.6) is 0 Å². The van der Waals surface area contributed by atoms with Gasteiger partial charge in [0.2, 0.25) is 5.95 Å². The van der Waals surface area contributed by atoms with Gasteiger partial charge in [0.1, 0.15) is 5.52 Å². The van der Waals surface area contributed by atoms with E-state index >= 15 is 0 Å². The minimum atomic E-state index is 0.564. The summed E-state index contributed by atoms with van der Waals surface area (Å²) in [5.74, 6) is 1.22. The van der Waals surface area contributed by atoms with Crippen molar-refractivity contribution in [3.63, 3.8) is 0 Å². The third-order valence-electron chi connectivity index (χ3n) is 2.68. The predicted octanol–water partition coefficient (Wildman–Crippen LogP) is 2.37. The molecule has 0 aliphatic carbocycles. The van der Waals surface area contributed by atoms with E-state index in [-0.39, 0.29) is 0 Å². The molecule has 2 aromatic heterocycles. The SMILES string of the molecule is Cc1cnc2c(c1)nc(N)n2CCC(C)C. The highest BCUT2D eigenvalue weighted by molar-refractivity contribution is 5.74. The van der Waals surface area contributed by atoms with Crippen LogP contribution in [0.15, 0.2) is 12.3 Å². The average Bonchev–Trinajstić information content (AvgIpc) is 2.50. The number of hydrogen-bond acceptors (Lipinski definition) is 3. The summed E-state index contributed by atoms with van der Waals surface area (Å²) < 4.78 is 1.99. The van der Waals surface area contributed by atoms with Gasteiger partial charge >= 0.3 is 0 Å². The van der Waals surface area contributed by atoms with E-state index in [9.17, 15) is 0 Å². The Morgan fingerprint density at radius 2 is 2.19 bits per heavy atom. The lowest BCUT2D eigenvalue weighted by atomic mass is 10.1. The summed E-state index contributed by atoms with van der Waals surface area (Å²) in [5, 5.41) is 0. The van der Waals surface area contributed by atoms with Crippen molar-refractivity contribution < 1.29 is 0 Å². The highest BCUT2D eigenvalue weighted by Gasteiger charge is 2.09. The molecule has 2 N–H and O–H groups in total. The fraction of sp³-hybridized carbons (Fsp3) is 0.500. The molecule has 16 heavy (non-hydrogen) atoms. The smallest absolute Gasteiger partial charge is 0.202 e. The molecule has 2 rings (SSSR count). The molecular weight excluding hydrogens is 200 g/mol. The quantitative estimate of drug-likeness (QED) is 0.860. The Bertz CT molecular complexity index is 499. The number of aromatic nitrogens is 3. The lowest BCUT2D eigenvalue weighted by molar-refractivity contribution is 0.525. The topological polar surface area (TPSA) is 56.7 Å². The lowest BCUT2D eigenvalue weighted by Crippen LogP contribution is -2.06. The molecule has 4 heteroatoms. The fourth-order valence-corrected chi connectivity index (χ4v) is 1.74. The monoisotopic (exact) mass is 218 g/mol. The summed E-state index contributed by atoms with van der Waals surface area (Å²) in [4.78, 5) is 8.73. The second kappa shape index (κ2) is 4.12. The molecule has 0 saturated carbocycles. The van der Waals surface area contributed by atoms with Crippen LogP contribution in [-0.2, 0) is 6.54 Å². The third kappa shape index (κ3) is 2.01. The molecule has 0 saturated heterocycles. The Morgan fingerprint density at radius 3 is 2.88 bits per heavy atom. The third-order valence-corrected chi connectivity index (χ3v) is 2.68. The minimum Gasteiger partial charge on any atom is -0.369 e. The number of anilines is 1. The van der Waals surface area contributed by atoms with E-state index in [0.29, 0.717) is 11.9 Å².